The molecule has 3 aromatic rings. The summed E-state index contributed by atoms with van der Waals surface area (Å²) < 4.78 is 21.5. The Bertz CT molecular complexity index is 1580. The zero-order valence-corrected chi connectivity index (χ0v) is 19.8. The number of carbonyl (C=O) groups is 2. The van der Waals surface area contributed by atoms with Crippen LogP contribution in [-0.4, -0.2) is 38.2 Å². The SMILES string of the molecule is CC[C@@]1(O)C(=O)OCc2c1cc1n(c2=O)Cc2c-1nc1cc(F)c(C)c3c1c2[C@@H](NC(=O)CO)CC3. The fourth-order valence-corrected chi connectivity index (χ4v) is 5.94. The predicted molar refractivity (Wildman–Crippen MR) is 126 cm³/mol. The van der Waals surface area contributed by atoms with Crippen LogP contribution in [0.2, 0.25) is 0 Å². The molecule has 0 radical (unpaired) electrons. The molecular formula is C26H24FN3O6. The van der Waals surface area contributed by atoms with E-state index in [1.807, 2.05) is 0 Å². The molecule has 0 bridgehead atoms. The summed E-state index contributed by atoms with van der Waals surface area (Å²) in [6.07, 6.45) is 1.04. The van der Waals surface area contributed by atoms with Crippen molar-refractivity contribution in [1.82, 2.24) is 14.9 Å². The Morgan fingerprint density at radius 2 is 2.08 bits per heavy atom. The molecule has 3 N–H and O–H groups in total. The molecular weight excluding hydrogens is 469 g/mol. The van der Waals surface area contributed by atoms with E-state index in [0.29, 0.717) is 40.9 Å². The van der Waals surface area contributed by atoms with Gasteiger partial charge in [0.1, 0.15) is 19.0 Å². The molecule has 36 heavy (non-hydrogen) atoms. The number of fused-ring (bicyclic) bond motifs is 5. The van der Waals surface area contributed by atoms with Gasteiger partial charge in [0.25, 0.3) is 5.56 Å². The summed E-state index contributed by atoms with van der Waals surface area (Å²) >= 11 is 0. The Morgan fingerprint density at radius 3 is 2.81 bits per heavy atom. The Kier molecular flexibility index (Phi) is 4.87. The number of nitrogens with zero attached hydrogens (tertiary/aromatic N) is 2. The Labute approximate surface area is 204 Å². The number of aliphatic hydroxyl groups is 2. The Balaban J connectivity index is 1.66. The van der Waals surface area contributed by atoms with E-state index < -0.39 is 41.5 Å². The maximum absolute atomic E-state index is 14.9. The first-order chi connectivity index (χ1) is 17.2. The molecule has 186 valence electrons. The minimum atomic E-state index is -1.95. The summed E-state index contributed by atoms with van der Waals surface area (Å²) in [5.41, 5.74) is 2.09. The molecule has 0 unspecified atom stereocenters. The molecule has 4 heterocycles. The van der Waals surface area contributed by atoms with Crippen LogP contribution in [0.3, 0.4) is 0 Å². The van der Waals surface area contributed by atoms with Crippen LogP contribution >= 0.6 is 0 Å². The van der Waals surface area contributed by atoms with Crippen molar-refractivity contribution in [1.29, 1.82) is 0 Å². The average Bonchev–Trinajstić information content (AvgIpc) is 3.24. The quantitative estimate of drug-likeness (QED) is 0.370. The lowest BCUT2D eigenvalue weighted by atomic mass is 9.81. The molecule has 0 fully saturated rings. The highest BCUT2D eigenvalue weighted by atomic mass is 19.1. The summed E-state index contributed by atoms with van der Waals surface area (Å²) in [4.78, 5) is 42.9. The number of nitrogens with one attached hydrogen (secondary N) is 1. The minimum Gasteiger partial charge on any atom is -0.458 e. The van der Waals surface area contributed by atoms with Crippen molar-refractivity contribution in [2.24, 2.45) is 0 Å². The lowest BCUT2D eigenvalue weighted by Gasteiger charge is -2.31. The van der Waals surface area contributed by atoms with E-state index in [9.17, 15) is 29.0 Å². The van der Waals surface area contributed by atoms with Crippen LogP contribution in [0, 0.1) is 12.7 Å². The van der Waals surface area contributed by atoms with Gasteiger partial charge >= 0.3 is 5.97 Å². The molecule has 1 amide bonds. The fraction of sp³-hybridized carbons (Fsp3) is 0.385. The van der Waals surface area contributed by atoms with Crippen molar-refractivity contribution in [2.75, 3.05) is 6.61 Å². The molecule has 0 spiro atoms. The minimum absolute atomic E-state index is 0.0219. The molecule has 3 aliphatic rings. The summed E-state index contributed by atoms with van der Waals surface area (Å²) in [7, 11) is 0. The first-order valence-electron chi connectivity index (χ1n) is 11.9. The van der Waals surface area contributed by atoms with Gasteiger partial charge in [-0.1, -0.05) is 6.92 Å². The van der Waals surface area contributed by atoms with Crippen molar-refractivity contribution in [2.45, 2.75) is 57.9 Å². The van der Waals surface area contributed by atoms with Crippen LogP contribution in [0.5, 0.6) is 0 Å². The topological polar surface area (TPSA) is 131 Å². The van der Waals surface area contributed by atoms with Crippen LogP contribution < -0.4 is 10.9 Å². The van der Waals surface area contributed by atoms with Crippen molar-refractivity contribution < 1.29 is 28.9 Å². The number of aromatic nitrogens is 2. The zero-order valence-electron chi connectivity index (χ0n) is 19.8. The zero-order chi connectivity index (χ0) is 25.5. The molecule has 0 saturated carbocycles. The molecule has 2 atom stereocenters. The van der Waals surface area contributed by atoms with Gasteiger partial charge in [-0.25, -0.2) is 14.2 Å². The lowest BCUT2D eigenvalue weighted by molar-refractivity contribution is -0.172. The molecule has 0 saturated heterocycles. The van der Waals surface area contributed by atoms with Crippen molar-refractivity contribution in [3.63, 3.8) is 0 Å². The van der Waals surface area contributed by atoms with E-state index >= 15 is 0 Å². The maximum Gasteiger partial charge on any atom is 0.343 e. The van der Waals surface area contributed by atoms with Gasteiger partial charge in [0.15, 0.2) is 5.60 Å². The number of esters is 1. The number of amides is 1. The van der Waals surface area contributed by atoms with E-state index in [-0.39, 0.29) is 30.7 Å². The molecule has 2 aliphatic heterocycles. The predicted octanol–water partition coefficient (Wildman–Crippen LogP) is 1.62. The third-order valence-electron chi connectivity index (χ3n) is 7.86. The van der Waals surface area contributed by atoms with Gasteiger partial charge in [0.05, 0.1) is 35.1 Å². The van der Waals surface area contributed by atoms with Crippen LogP contribution in [0.25, 0.3) is 22.3 Å². The van der Waals surface area contributed by atoms with Crippen LogP contribution in [-0.2, 0) is 39.5 Å². The van der Waals surface area contributed by atoms with Crippen molar-refractivity contribution in [3.8, 4) is 11.4 Å². The van der Waals surface area contributed by atoms with Gasteiger partial charge in [-0.3, -0.25) is 9.59 Å². The van der Waals surface area contributed by atoms with E-state index in [4.69, 9.17) is 9.72 Å². The summed E-state index contributed by atoms with van der Waals surface area (Å²) in [6.45, 7) is 2.60. The average molecular weight is 493 g/mol. The third kappa shape index (κ3) is 2.88. The highest BCUT2D eigenvalue weighted by molar-refractivity contribution is 5.94. The first-order valence-corrected chi connectivity index (χ1v) is 11.9. The van der Waals surface area contributed by atoms with E-state index in [1.54, 1.807) is 19.9 Å². The largest absolute Gasteiger partial charge is 0.458 e. The maximum atomic E-state index is 14.9. The lowest BCUT2D eigenvalue weighted by Crippen LogP contribution is -2.44. The summed E-state index contributed by atoms with van der Waals surface area (Å²) in [5, 5.41) is 24.0. The number of carbonyl (C=O) groups excluding carboxylic acids is 2. The Hall–Kier alpha value is -3.63. The number of rotatable bonds is 3. The summed E-state index contributed by atoms with van der Waals surface area (Å²) in [5.74, 6) is -1.74. The van der Waals surface area contributed by atoms with Gasteiger partial charge in [-0.2, -0.15) is 0 Å². The molecule has 2 aromatic heterocycles. The highest BCUT2D eigenvalue weighted by Crippen LogP contribution is 2.45. The highest BCUT2D eigenvalue weighted by Gasteiger charge is 2.46. The van der Waals surface area contributed by atoms with E-state index in [2.05, 4.69) is 5.32 Å². The number of aliphatic hydroxyl groups excluding tert-OH is 1. The number of benzene rings is 1. The van der Waals surface area contributed by atoms with E-state index in [0.717, 1.165) is 16.5 Å². The number of ether oxygens (including phenoxy) is 1. The Morgan fingerprint density at radius 1 is 1.31 bits per heavy atom. The molecule has 10 heteroatoms. The van der Waals surface area contributed by atoms with Gasteiger partial charge < -0.3 is 24.8 Å². The fourth-order valence-electron chi connectivity index (χ4n) is 5.94. The van der Waals surface area contributed by atoms with Crippen molar-refractivity contribution >= 4 is 22.8 Å². The summed E-state index contributed by atoms with van der Waals surface area (Å²) in [6, 6.07) is 2.50. The monoisotopic (exact) mass is 493 g/mol. The number of cyclic esters (lactones) is 1. The van der Waals surface area contributed by atoms with E-state index in [1.165, 1.54) is 10.6 Å². The smallest absolute Gasteiger partial charge is 0.343 e. The van der Waals surface area contributed by atoms with Crippen LogP contribution in [0.4, 0.5) is 4.39 Å². The molecule has 1 aliphatic carbocycles. The number of pyridine rings is 2. The molecule has 1 aromatic carbocycles. The number of halogens is 1. The van der Waals surface area contributed by atoms with Gasteiger partial charge in [0, 0.05) is 22.6 Å². The number of hydrogen-bond acceptors (Lipinski definition) is 7. The second-order valence-corrected chi connectivity index (χ2v) is 9.63. The second-order valence-electron chi connectivity index (χ2n) is 9.63. The van der Waals surface area contributed by atoms with Gasteiger partial charge in [-0.05, 0) is 48.9 Å². The van der Waals surface area contributed by atoms with Gasteiger partial charge in [-0.15, -0.1) is 0 Å². The first kappa shape index (κ1) is 22.8. The third-order valence-corrected chi connectivity index (χ3v) is 7.86. The number of aryl methyl sites for hydroxylation is 1. The van der Waals surface area contributed by atoms with Crippen LogP contribution in [0.1, 0.15) is 59.2 Å². The van der Waals surface area contributed by atoms with Crippen LogP contribution in [0.15, 0.2) is 16.9 Å². The van der Waals surface area contributed by atoms with Gasteiger partial charge in [0.2, 0.25) is 5.91 Å². The normalized spacial score (nSPS) is 21.6. The molecule has 9 nitrogen and oxygen atoms in total. The number of hydrogen-bond donors (Lipinski definition) is 3. The molecule has 6 rings (SSSR count). The van der Waals surface area contributed by atoms with Crippen molar-refractivity contribution in [3.05, 3.63) is 61.7 Å². The second kappa shape index (κ2) is 7.68. The standard InChI is InChI=1S/C26H24FN3O6/c1-3-26(35)15-6-19-23-13(8-30(19)24(33)14(15)10-36-25(26)34)22-17(28-20(32)9-31)5-4-12-11(2)16(27)7-18(29-23)21(12)22/h6-7,17,31,35H,3-5,8-10H2,1-2H3,(H,28,32)/t17-,26-/m0/s1.